The molecule has 144 valence electrons. The van der Waals surface area contributed by atoms with Gasteiger partial charge in [0.05, 0.1) is 0 Å². The maximum absolute atomic E-state index is 12.9. The fourth-order valence-electron chi connectivity index (χ4n) is 3.32. The molecule has 0 spiro atoms. The maximum Gasteiger partial charge on any atom is 0.251 e. The van der Waals surface area contributed by atoms with E-state index in [9.17, 15) is 9.59 Å². The van der Waals surface area contributed by atoms with Crippen LogP contribution in [0.25, 0.3) is 0 Å². The highest BCUT2D eigenvalue weighted by atomic mass is 35.5. The minimum atomic E-state index is -1.04. The molecular weight excluding hydrogens is 362 g/mol. The monoisotopic (exact) mass is 387 g/mol. The van der Waals surface area contributed by atoms with Crippen molar-refractivity contribution < 1.29 is 9.59 Å². The zero-order valence-electron chi connectivity index (χ0n) is 15.4. The Morgan fingerprint density at radius 2 is 1.52 bits per heavy atom. The summed E-state index contributed by atoms with van der Waals surface area (Å²) in [7, 11) is 0. The molecule has 1 saturated heterocycles. The van der Waals surface area contributed by atoms with E-state index in [2.05, 4.69) is 5.32 Å². The fourth-order valence-corrected chi connectivity index (χ4v) is 3.32. The van der Waals surface area contributed by atoms with Crippen LogP contribution in [0.5, 0.6) is 0 Å². The Balaban J connectivity index is 0.00000261. The lowest BCUT2D eigenvalue weighted by atomic mass is 9.90. The predicted molar refractivity (Wildman–Crippen MR) is 109 cm³/mol. The van der Waals surface area contributed by atoms with Crippen molar-refractivity contribution in [3.63, 3.8) is 0 Å². The lowest BCUT2D eigenvalue weighted by Crippen LogP contribution is -2.55. The first-order chi connectivity index (χ1) is 12.5. The van der Waals surface area contributed by atoms with Gasteiger partial charge in [-0.05, 0) is 37.5 Å². The molecule has 1 atom stereocenters. The van der Waals surface area contributed by atoms with Gasteiger partial charge in [0.1, 0.15) is 5.54 Å². The Bertz CT molecular complexity index is 758. The molecule has 2 aromatic carbocycles. The molecule has 1 fully saturated rings. The van der Waals surface area contributed by atoms with E-state index in [0.717, 1.165) is 18.4 Å². The van der Waals surface area contributed by atoms with Crippen LogP contribution < -0.4 is 11.1 Å². The van der Waals surface area contributed by atoms with E-state index in [1.54, 1.807) is 24.0 Å². The molecule has 2 aromatic rings. The van der Waals surface area contributed by atoms with Crippen LogP contribution in [0.3, 0.4) is 0 Å². The van der Waals surface area contributed by atoms with Crippen molar-refractivity contribution in [2.75, 3.05) is 13.1 Å². The summed E-state index contributed by atoms with van der Waals surface area (Å²) in [5.74, 6) is -0.139. The Labute approximate surface area is 166 Å². The van der Waals surface area contributed by atoms with Crippen LogP contribution in [-0.2, 0) is 10.3 Å². The van der Waals surface area contributed by atoms with E-state index >= 15 is 0 Å². The van der Waals surface area contributed by atoms with E-state index in [-0.39, 0.29) is 30.3 Å². The summed E-state index contributed by atoms with van der Waals surface area (Å²) in [6.07, 6.45) is 1.46. The molecule has 27 heavy (non-hydrogen) atoms. The van der Waals surface area contributed by atoms with E-state index in [0.29, 0.717) is 18.7 Å². The lowest BCUT2D eigenvalue weighted by molar-refractivity contribution is -0.137. The van der Waals surface area contributed by atoms with Gasteiger partial charge in [0, 0.05) is 24.7 Å². The van der Waals surface area contributed by atoms with E-state index in [4.69, 9.17) is 5.73 Å². The van der Waals surface area contributed by atoms with Crippen molar-refractivity contribution >= 4 is 24.2 Å². The van der Waals surface area contributed by atoms with Gasteiger partial charge in [-0.15, -0.1) is 12.4 Å². The second-order valence-corrected chi connectivity index (χ2v) is 6.97. The van der Waals surface area contributed by atoms with Crippen LogP contribution >= 0.6 is 12.4 Å². The Hall–Kier alpha value is -2.37. The van der Waals surface area contributed by atoms with Gasteiger partial charge in [-0.1, -0.05) is 48.5 Å². The third-order valence-corrected chi connectivity index (χ3v) is 4.97. The van der Waals surface area contributed by atoms with Crippen LogP contribution in [0.4, 0.5) is 0 Å². The van der Waals surface area contributed by atoms with Gasteiger partial charge in [0.25, 0.3) is 5.91 Å². The summed E-state index contributed by atoms with van der Waals surface area (Å²) in [4.78, 5) is 26.9. The summed E-state index contributed by atoms with van der Waals surface area (Å²) in [6, 6.07) is 18.7. The molecule has 3 rings (SSSR count). The number of amides is 2. The number of likely N-dealkylation sites (tertiary alicyclic amines) is 1. The van der Waals surface area contributed by atoms with Crippen molar-refractivity contribution in [1.82, 2.24) is 10.2 Å². The van der Waals surface area contributed by atoms with Crippen LogP contribution in [0.15, 0.2) is 60.7 Å². The van der Waals surface area contributed by atoms with Crippen molar-refractivity contribution in [1.29, 1.82) is 0 Å². The Morgan fingerprint density at radius 1 is 1.00 bits per heavy atom. The number of hydrogen-bond acceptors (Lipinski definition) is 3. The van der Waals surface area contributed by atoms with E-state index in [1.165, 1.54) is 0 Å². The van der Waals surface area contributed by atoms with Crippen LogP contribution in [0, 0.1) is 0 Å². The van der Waals surface area contributed by atoms with Crippen molar-refractivity contribution in [2.24, 2.45) is 5.73 Å². The minimum Gasteiger partial charge on any atom is -0.349 e. The number of nitrogens with two attached hydrogens (primary N) is 1. The van der Waals surface area contributed by atoms with Crippen molar-refractivity contribution in [3.05, 3.63) is 71.8 Å². The number of rotatable bonds is 4. The smallest absolute Gasteiger partial charge is 0.251 e. The van der Waals surface area contributed by atoms with Crippen LogP contribution in [0.1, 0.15) is 35.7 Å². The average molecular weight is 388 g/mol. The van der Waals surface area contributed by atoms with Crippen LogP contribution in [-0.4, -0.2) is 35.8 Å². The van der Waals surface area contributed by atoms with Gasteiger partial charge < -0.3 is 16.0 Å². The Morgan fingerprint density at radius 3 is 2.07 bits per heavy atom. The van der Waals surface area contributed by atoms with Crippen molar-refractivity contribution in [3.8, 4) is 0 Å². The van der Waals surface area contributed by atoms with Gasteiger partial charge in [-0.3, -0.25) is 9.59 Å². The average Bonchev–Trinajstić information content (AvgIpc) is 2.69. The Kier molecular flexibility index (Phi) is 6.99. The summed E-state index contributed by atoms with van der Waals surface area (Å²) < 4.78 is 0. The number of halogens is 1. The normalized spacial score (nSPS) is 16.7. The zero-order valence-corrected chi connectivity index (χ0v) is 16.2. The lowest BCUT2D eigenvalue weighted by Gasteiger charge is -2.37. The molecule has 0 aromatic heterocycles. The van der Waals surface area contributed by atoms with E-state index < -0.39 is 5.54 Å². The number of nitrogens with zero attached hydrogens (tertiary/aromatic N) is 1. The first kappa shape index (κ1) is 20.9. The second kappa shape index (κ2) is 9.02. The molecule has 1 aliphatic rings. The first-order valence-electron chi connectivity index (χ1n) is 8.98. The summed E-state index contributed by atoms with van der Waals surface area (Å²) in [6.45, 7) is 2.95. The minimum absolute atomic E-state index is 0. The topological polar surface area (TPSA) is 75.4 Å². The highest BCUT2D eigenvalue weighted by molar-refractivity contribution is 5.94. The first-order valence-corrected chi connectivity index (χ1v) is 8.98. The quantitative estimate of drug-likeness (QED) is 0.846. The molecule has 0 bridgehead atoms. The number of nitrogens with one attached hydrogen (secondary N) is 1. The summed E-state index contributed by atoms with van der Waals surface area (Å²) >= 11 is 0. The number of hydrogen-bond donors (Lipinski definition) is 2. The van der Waals surface area contributed by atoms with Gasteiger partial charge in [0.15, 0.2) is 0 Å². The third-order valence-electron chi connectivity index (χ3n) is 4.97. The maximum atomic E-state index is 12.9. The van der Waals surface area contributed by atoms with Gasteiger partial charge in [-0.2, -0.15) is 0 Å². The molecule has 2 amide bonds. The summed E-state index contributed by atoms with van der Waals surface area (Å²) in [5, 5.41) is 3.06. The molecule has 0 aliphatic carbocycles. The van der Waals surface area contributed by atoms with Gasteiger partial charge in [0.2, 0.25) is 5.91 Å². The molecule has 0 radical (unpaired) electrons. The number of piperidine rings is 1. The molecule has 6 heteroatoms. The molecular formula is C21H26ClN3O2. The number of benzene rings is 2. The number of carbonyl (C=O) groups excluding carboxylic acids is 2. The highest BCUT2D eigenvalue weighted by Crippen LogP contribution is 2.23. The van der Waals surface area contributed by atoms with Crippen molar-refractivity contribution in [2.45, 2.75) is 31.3 Å². The molecule has 5 nitrogen and oxygen atoms in total. The molecule has 1 unspecified atom stereocenters. The van der Waals surface area contributed by atoms with Gasteiger partial charge in [-0.25, -0.2) is 0 Å². The molecule has 1 heterocycles. The standard InChI is InChI=1S/C21H25N3O2.ClH/c1-21(22,17-10-6-3-7-11-17)20(26)24-14-12-18(13-15-24)23-19(25)16-8-4-2-5-9-16;/h2-11,18H,12-15,22H2,1H3,(H,23,25);1H. The predicted octanol–water partition coefficient (Wildman–Crippen LogP) is 2.70. The largest absolute Gasteiger partial charge is 0.349 e. The summed E-state index contributed by atoms with van der Waals surface area (Å²) in [5.41, 5.74) is 6.77. The molecule has 1 aliphatic heterocycles. The highest BCUT2D eigenvalue weighted by Gasteiger charge is 2.36. The van der Waals surface area contributed by atoms with Crippen LogP contribution in [0.2, 0.25) is 0 Å². The molecule has 0 saturated carbocycles. The zero-order chi connectivity index (χ0) is 18.6. The number of carbonyl (C=O) groups is 2. The fraction of sp³-hybridized carbons (Fsp3) is 0.333. The van der Waals surface area contributed by atoms with Gasteiger partial charge >= 0.3 is 0 Å². The second-order valence-electron chi connectivity index (χ2n) is 6.97. The SMILES string of the molecule is CC(N)(C(=O)N1CCC(NC(=O)c2ccccc2)CC1)c1ccccc1.Cl. The molecule has 3 N–H and O–H groups in total. The third kappa shape index (κ3) is 4.87. The van der Waals surface area contributed by atoms with E-state index in [1.807, 2.05) is 48.5 Å².